The molecule has 4 heteroatoms. The van der Waals surface area contributed by atoms with E-state index < -0.39 is 0 Å². The number of aromatic nitrogens is 1. The maximum absolute atomic E-state index is 6.77. The zero-order chi connectivity index (χ0) is 39.9. The first-order valence-corrected chi connectivity index (χ1v) is 20.9. The quantitative estimate of drug-likeness (QED) is 0.178. The molecule has 0 radical (unpaired) electrons. The van der Waals surface area contributed by atoms with Crippen LogP contribution in [0.1, 0.15) is 5.56 Å². The van der Waals surface area contributed by atoms with Crippen LogP contribution in [-0.2, 0) is 0 Å². The Hall–Kier alpha value is -8.08. The largest absolute Gasteiger partial charge is 0.454 e. The van der Waals surface area contributed by atoms with Gasteiger partial charge in [0.05, 0.1) is 22.4 Å². The summed E-state index contributed by atoms with van der Waals surface area (Å²) in [5.41, 5.74) is 16.3. The Morgan fingerprint density at radius 2 is 0.918 bits per heavy atom. The first-order chi connectivity index (χ1) is 30.1. The van der Waals surface area contributed by atoms with Gasteiger partial charge in [-0.15, -0.1) is 0 Å². The van der Waals surface area contributed by atoms with E-state index in [9.17, 15) is 0 Å². The molecule has 0 saturated heterocycles. The van der Waals surface area contributed by atoms with E-state index in [1.54, 1.807) is 0 Å². The smallest absolute Gasteiger partial charge is 0.159 e. The van der Waals surface area contributed by atoms with Crippen LogP contribution >= 0.6 is 0 Å². The van der Waals surface area contributed by atoms with Gasteiger partial charge < -0.3 is 18.3 Å². The molecular formula is C57H34N2O2. The molecule has 1 aliphatic rings. The monoisotopic (exact) mass is 778 g/mol. The fraction of sp³-hybridized carbons (Fsp3) is 0.0175. The Balaban J connectivity index is 0.949. The molecule has 10 aromatic carbocycles. The molecule has 3 heterocycles. The SMILES string of the molecule is Cc1ccc2c(oc3ccccc32)c1N(c1ccc2cc3c(cc2c1)-c1cc2cc(-n4c5ccccc5c5ccccc54)ccc2cc1-3)c1cccc2c1oc1ccccc12. The number of hydrogen-bond acceptors (Lipinski definition) is 3. The third-order valence-corrected chi connectivity index (χ3v) is 13.2. The highest BCUT2D eigenvalue weighted by atomic mass is 16.3. The Morgan fingerprint density at radius 1 is 0.393 bits per heavy atom. The van der Waals surface area contributed by atoms with E-state index in [1.165, 1.54) is 71.3 Å². The molecule has 0 N–H and O–H groups in total. The van der Waals surface area contributed by atoms with E-state index in [4.69, 9.17) is 8.83 Å². The van der Waals surface area contributed by atoms with E-state index in [1.807, 2.05) is 12.1 Å². The summed E-state index contributed by atoms with van der Waals surface area (Å²) in [6.45, 7) is 2.17. The molecule has 61 heavy (non-hydrogen) atoms. The van der Waals surface area contributed by atoms with E-state index in [2.05, 4.69) is 192 Å². The fourth-order valence-corrected chi connectivity index (χ4v) is 10.3. The maximum atomic E-state index is 6.77. The second-order valence-corrected chi connectivity index (χ2v) is 16.5. The summed E-state index contributed by atoms with van der Waals surface area (Å²) in [5, 5.41) is 11.8. The van der Waals surface area contributed by atoms with E-state index in [0.717, 1.165) is 66.5 Å². The molecule has 0 saturated carbocycles. The average molecular weight is 779 g/mol. The van der Waals surface area contributed by atoms with Crippen LogP contribution in [-0.4, -0.2) is 4.57 Å². The Morgan fingerprint density at radius 3 is 1.59 bits per heavy atom. The lowest BCUT2D eigenvalue weighted by Gasteiger charge is -2.28. The van der Waals surface area contributed by atoms with Crippen LogP contribution in [0.4, 0.5) is 17.1 Å². The summed E-state index contributed by atoms with van der Waals surface area (Å²) in [6.07, 6.45) is 0. The zero-order valence-corrected chi connectivity index (χ0v) is 33.1. The highest BCUT2D eigenvalue weighted by molar-refractivity contribution is 6.16. The molecule has 4 nitrogen and oxygen atoms in total. The molecule has 13 aromatic rings. The summed E-state index contributed by atoms with van der Waals surface area (Å²) < 4.78 is 15.9. The molecule has 0 fully saturated rings. The number of rotatable bonds is 4. The van der Waals surface area contributed by atoms with Gasteiger partial charge in [-0.3, -0.25) is 0 Å². The van der Waals surface area contributed by atoms with Gasteiger partial charge in [-0.05, 0) is 135 Å². The topological polar surface area (TPSA) is 34.5 Å². The van der Waals surface area contributed by atoms with Crippen LogP contribution in [0.15, 0.2) is 197 Å². The number of nitrogens with zero attached hydrogens (tertiary/aromatic N) is 2. The first-order valence-electron chi connectivity index (χ1n) is 20.9. The second-order valence-electron chi connectivity index (χ2n) is 16.5. The van der Waals surface area contributed by atoms with Crippen molar-refractivity contribution in [3.05, 3.63) is 194 Å². The molecule has 0 atom stereocenters. The minimum Gasteiger partial charge on any atom is -0.454 e. The normalized spacial score (nSPS) is 12.3. The number of para-hydroxylation sites is 5. The first kappa shape index (κ1) is 32.8. The third kappa shape index (κ3) is 4.53. The van der Waals surface area contributed by atoms with Gasteiger partial charge in [0.1, 0.15) is 11.2 Å². The highest BCUT2D eigenvalue weighted by Crippen LogP contribution is 2.52. The third-order valence-electron chi connectivity index (χ3n) is 13.2. The van der Waals surface area contributed by atoms with Crippen LogP contribution in [0.25, 0.3) is 115 Å². The zero-order valence-electron chi connectivity index (χ0n) is 33.1. The average Bonchev–Trinajstić information content (AvgIpc) is 3.99. The summed E-state index contributed by atoms with van der Waals surface area (Å²) in [5.74, 6) is 0. The highest BCUT2D eigenvalue weighted by Gasteiger charge is 2.27. The van der Waals surface area contributed by atoms with E-state index >= 15 is 0 Å². The number of aryl methyl sites for hydroxylation is 1. The molecule has 0 amide bonds. The van der Waals surface area contributed by atoms with Gasteiger partial charge in [0, 0.05) is 43.7 Å². The van der Waals surface area contributed by atoms with Gasteiger partial charge in [0.15, 0.2) is 11.2 Å². The number of anilines is 3. The molecule has 284 valence electrons. The van der Waals surface area contributed by atoms with Crippen molar-refractivity contribution < 1.29 is 8.83 Å². The molecule has 0 bridgehead atoms. The van der Waals surface area contributed by atoms with Gasteiger partial charge in [0.2, 0.25) is 0 Å². The van der Waals surface area contributed by atoms with E-state index in [-0.39, 0.29) is 0 Å². The Bertz CT molecular complexity index is 3980. The van der Waals surface area contributed by atoms with Crippen molar-refractivity contribution in [1.29, 1.82) is 0 Å². The molecule has 0 spiro atoms. The van der Waals surface area contributed by atoms with Crippen molar-refractivity contribution in [2.24, 2.45) is 0 Å². The van der Waals surface area contributed by atoms with Crippen LogP contribution in [0.3, 0.4) is 0 Å². The predicted octanol–water partition coefficient (Wildman–Crippen LogP) is 16.3. The molecule has 3 aromatic heterocycles. The van der Waals surface area contributed by atoms with Gasteiger partial charge in [0.25, 0.3) is 0 Å². The van der Waals surface area contributed by atoms with Crippen LogP contribution in [0.2, 0.25) is 0 Å². The van der Waals surface area contributed by atoms with Crippen molar-refractivity contribution in [2.45, 2.75) is 6.92 Å². The summed E-state index contributed by atoms with van der Waals surface area (Å²) in [7, 11) is 0. The minimum atomic E-state index is 0.842. The summed E-state index contributed by atoms with van der Waals surface area (Å²) in [6, 6.07) is 68.1. The number of fused-ring (bicyclic) bond motifs is 15. The predicted molar refractivity (Wildman–Crippen MR) is 254 cm³/mol. The Kier molecular flexibility index (Phi) is 6.46. The van der Waals surface area contributed by atoms with E-state index in [0.29, 0.717) is 0 Å². The standard InChI is InChI=1S/C57H34N2O2/c1-33-21-26-45-43-14-5-9-20-54(43)61-57(45)55(33)59(52-18-10-15-44-42-13-4-8-19-53(42)60-56(44)52)39-25-23-35-30-47-46-29-34-22-24-38(27-36(34)31-48(46)49(47)32-37(35)28-39)58-50-16-6-2-11-40(50)41-12-3-7-17-51(41)58/h2-32H,1H3. The van der Waals surface area contributed by atoms with Crippen molar-refractivity contribution in [1.82, 2.24) is 4.57 Å². The van der Waals surface area contributed by atoms with Crippen LogP contribution in [0, 0.1) is 6.92 Å². The van der Waals surface area contributed by atoms with Gasteiger partial charge >= 0.3 is 0 Å². The van der Waals surface area contributed by atoms with Crippen molar-refractivity contribution >= 4 is 104 Å². The number of hydrogen-bond donors (Lipinski definition) is 0. The number of furan rings is 2. The van der Waals surface area contributed by atoms with Gasteiger partial charge in [-0.1, -0.05) is 109 Å². The van der Waals surface area contributed by atoms with Crippen LogP contribution in [0.5, 0.6) is 0 Å². The molecule has 14 rings (SSSR count). The lowest BCUT2D eigenvalue weighted by molar-refractivity contribution is 0.666. The Labute approximate surface area is 349 Å². The fourth-order valence-electron chi connectivity index (χ4n) is 10.3. The lowest BCUT2D eigenvalue weighted by atomic mass is 9.78. The molecular weight excluding hydrogens is 745 g/mol. The van der Waals surface area contributed by atoms with Gasteiger partial charge in [-0.25, -0.2) is 0 Å². The van der Waals surface area contributed by atoms with Gasteiger partial charge in [-0.2, -0.15) is 0 Å². The van der Waals surface area contributed by atoms with Crippen LogP contribution < -0.4 is 4.90 Å². The minimum absolute atomic E-state index is 0.842. The summed E-state index contributed by atoms with van der Waals surface area (Å²) in [4.78, 5) is 2.35. The van der Waals surface area contributed by atoms with Crippen molar-refractivity contribution in [3.8, 4) is 27.9 Å². The lowest BCUT2D eigenvalue weighted by Crippen LogP contribution is -2.12. The summed E-state index contributed by atoms with van der Waals surface area (Å²) >= 11 is 0. The molecule has 0 aliphatic heterocycles. The maximum Gasteiger partial charge on any atom is 0.159 e. The molecule has 1 aliphatic carbocycles. The van der Waals surface area contributed by atoms with Crippen molar-refractivity contribution in [3.63, 3.8) is 0 Å². The second kappa shape index (κ2) is 12.0. The number of benzene rings is 10. The van der Waals surface area contributed by atoms with Crippen molar-refractivity contribution in [2.75, 3.05) is 4.90 Å². The molecule has 0 unspecified atom stereocenters.